The average Bonchev–Trinajstić information content (AvgIpc) is 3.02. The van der Waals surface area contributed by atoms with E-state index >= 15 is 0 Å². The average molecular weight is 511 g/mol. The lowest BCUT2D eigenvalue weighted by molar-refractivity contribution is -0.123. The van der Waals surface area contributed by atoms with Crippen LogP contribution >= 0.6 is 46.6 Å². The number of ether oxygens (including phenoxy) is 1. The number of benzene rings is 2. The van der Waals surface area contributed by atoms with Gasteiger partial charge in [0.15, 0.2) is 5.75 Å². The molecule has 2 amide bonds. The standard InChI is InChI=1S/C24H22Cl3NO3S/c25-18-9-5-4-8-17(18)14-31-22-19(26)10-16(11-20(22)27)12-21-23(29)28(24(30)32-21)13-15-6-2-1-3-7-15/h4-5,8-12,15H,1-3,6-7,13-14H2/b21-12+. The smallest absolute Gasteiger partial charge is 0.293 e. The van der Waals surface area contributed by atoms with E-state index in [-0.39, 0.29) is 17.8 Å². The van der Waals surface area contributed by atoms with Gasteiger partial charge in [0.25, 0.3) is 11.1 Å². The summed E-state index contributed by atoms with van der Waals surface area (Å²) in [6.07, 6.45) is 7.36. The van der Waals surface area contributed by atoms with E-state index in [1.54, 1.807) is 24.3 Å². The number of hydrogen-bond acceptors (Lipinski definition) is 4. The Morgan fingerprint density at radius 1 is 1.00 bits per heavy atom. The van der Waals surface area contributed by atoms with Crippen molar-refractivity contribution < 1.29 is 14.3 Å². The predicted molar refractivity (Wildman–Crippen MR) is 131 cm³/mol. The van der Waals surface area contributed by atoms with Gasteiger partial charge < -0.3 is 4.74 Å². The molecule has 2 fully saturated rings. The van der Waals surface area contributed by atoms with E-state index in [0.717, 1.165) is 30.2 Å². The van der Waals surface area contributed by atoms with Gasteiger partial charge in [-0.25, -0.2) is 0 Å². The highest BCUT2D eigenvalue weighted by molar-refractivity contribution is 8.18. The molecule has 2 aliphatic rings. The zero-order valence-corrected chi connectivity index (χ0v) is 20.4. The van der Waals surface area contributed by atoms with Crippen LogP contribution in [0.15, 0.2) is 41.3 Å². The third-order valence-electron chi connectivity index (χ3n) is 5.69. The second kappa shape index (κ2) is 10.5. The summed E-state index contributed by atoms with van der Waals surface area (Å²) in [5.41, 5.74) is 1.45. The molecule has 1 aliphatic heterocycles. The lowest BCUT2D eigenvalue weighted by Crippen LogP contribution is -2.34. The molecule has 32 heavy (non-hydrogen) atoms. The Morgan fingerprint density at radius 2 is 1.69 bits per heavy atom. The lowest BCUT2D eigenvalue weighted by atomic mass is 9.89. The highest BCUT2D eigenvalue weighted by atomic mass is 35.5. The van der Waals surface area contributed by atoms with Crippen molar-refractivity contribution in [2.24, 2.45) is 5.92 Å². The molecule has 0 atom stereocenters. The van der Waals surface area contributed by atoms with Gasteiger partial charge in [-0.3, -0.25) is 14.5 Å². The molecule has 0 radical (unpaired) electrons. The van der Waals surface area contributed by atoms with Crippen molar-refractivity contribution in [3.63, 3.8) is 0 Å². The minimum atomic E-state index is -0.253. The van der Waals surface area contributed by atoms with Crippen LogP contribution in [0.3, 0.4) is 0 Å². The molecule has 1 saturated heterocycles. The molecule has 4 rings (SSSR count). The summed E-state index contributed by atoms with van der Waals surface area (Å²) in [6.45, 7) is 0.719. The fourth-order valence-electron chi connectivity index (χ4n) is 4.00. The molecule has 1 aliphatic carbocycles. The zero-order valence-electron chi connectivity index (χ0n) is 17.3. The monoisotopic (exact) mass is 509 g/mol. The Morgan fingerprint density at radius 3 is 2.38 bits per heavy atom. The summed E-state index contributed by atoms with van der Waals surface area (Å²) in [5.74, 6) is 0.489. The number of hydrogen-bond donors (Lipinski definition) is 0. The van der Waals surface area contributed by atoms with Gasteiger partial charge in [0, 0.05) is 17.1 Å². The molecular weight excluding hydrogens is 489 g/mol. The Balaban J connectivity index is 1.47. The fraction of sp³-hybridized carbons (Fsp3) is 0.333. The number of halogens is 3. The molecule has 0 spiro atoms. The molecule has 0 unspecified atom stereocenters. The number of rotatable bonds is 6. The Labute approximate surface area is 206 Å². The van der Waals surface area contributed by atoms with Gasteiger partial charge in [0.1, 0.15) is 6.61 Å². The molecule has 1 heterocycles. The molecule has 2 aromatic rings. The van der Waals surface area contributed by atoms with Crippen LogP contribution in [0.2, 0.25) is 15.1 Å². The van der Waals surface area contributed by atoms with Crippen LogP contribution in [0.4, 0.5) is 4.79 Å². The van der Waals surface area contributed by atoms with Crippen LogP contribution in [0, 0.1) is 5.92 Å². The van der Waals surface area contributed by atoms with Crippen LogP contribution in [0.25, 0.3) is 6.08 Å². The molecule has 8 heteroatoms. The summed E-state index contributed by atoms with van der Waals surface area (Å²) in [5, 5.41) is 1.01. The van der Waals surface area contributed by atoms with Crippen molar-refractivity contribution in [2.45, 2.75) is 38.7 Å². The van der Waals surface area contributed by atoms with Crippen molar-refractivity contribution in [1.29, 1.82) is 0 Å². The summed E-state index contributed by atoms with van der Waals surface area (Å²) in [4.78, 5) is 27.0. The van der Waals surface area contributed by atoms with E-state index < -0.39 is 0 Å². The van der Waals surface area contributed by atoms with Gasteiger partial charge in [-0.15, -0.1) is 0 Å². The quantitative estimate of drug-likeness (QED) is 0.371. The molecule has 0 aromatic heterocycles. The molecule has 168 valence electrons. The van der Waals surface area contributed by atoms with Crippen LogP contribution in [0.1, 0.15) is 43.2 Å². The molecule has 4 nitrogen and oxygen atoms in total. The van der Waals surface area contributed by atoms with Crippen molar-refractivity contribution >= 4 is 63.8 Å². The highest BCUT2D eigenvalue weighted by Gasteiger charge is 2.36. The Bertz CT molecular complexity index is 1040. The predicted octanol–water partition coefficient (Wildman–Crippen LogP) is 7.84. The van der Waals surface area contributed by atoms with E-state index in [2.05, 4.69) is 0 Å². The summed E-state index contributed by atoms with van der Waals surface area (Å²) < 4.78 is 5.80. The lowest BCUT2D eigenvalue weighted by Gasteiger charge is -2.25. The van der Waals surface area contributed by atoms with Crippen molar-refractivity contribution in [2.75, 3.05) is 6.54 Å². The first kappa shape index (κ1) is 23.5. The van der Waals surface area contributed by atoms with E-state index in [0.29, 0.717) is 43.7 Å². The van der Waals surface area contributed by atoms with Crippen molar-refractivity contribution in [3.8, 4) is 5.75 Å². The Hall–Kier alpha value is -1.66. The van der Waals surface area contributed by atoms with Crippen molar-refractivity contribution in [3.05, 3.63) is 67.5 Å². The number of nitrogens with zero attached hydrogens (tertiary/aromatic N) is 1. The summed E-state index contributed by atoms with van der Waals surface area (Å²) >= 11 is 19.9. The largest absolute Gasteiger partial charge is 0.486 e. The molecular formula is C24H22Cl3NO3S. The second-order valence-corrected chi connectivity index (χ2v) is 10.2. The van der Waals surface area contributed by atoms with Crippen LogP contribution in [0.5, 0.6) is 5.75 Å². The number of thioether (sulfide) groups is 1. The molecule has 0 N–H and O–H groups in total. The van der Waals surface area contributed by atoms with Gasteiger partial charge in [-0.1, -0.05) is 72.3 Å². The zero-order chi connectivity index (χ0) is 22.7. The Kier molecular flexibility index (Phi) is 7.72. The van der Waals surface area contributed by atoms with Crippen LogP contribution in [-0.2, 0) is 11.4 Å². The minimum absolute atomic E-state index is 0.219. The first-order valence-corrected chi connectivity index (χ1v) is 12.5. The van der Waals surface area contributed by atoms with E-state index in [9.17, 15) is 9.59 Å². The van der Waals surface area contributed by atoms with E-state index in [1.807, 2.05) is 18.2 Å². The van der Waals surface area contributed by atoms with Crippen LogP contribution < -0.4 is 4.74 Å². The fourth-order valence-corrected chi connectivity index (χ4v) is 5.65. The summed E-state index contributed by atoms with van der Waals surface area (Å²) in [7, 11) is 0. The van der Waals surface area contributed by atoms with Gasteiger partial charge in [0.2, 0.25) is 0 Å². The second-order valence-electron chi connectivity index (χ2n) is 7.99. The maximum absolute atomic E-state index is 12.8. The normalized spacial score (nSPS) is 18.6. The maximum atomic E-state index is 12.8. The van der Waals surface area contributed by atoms with Gasteiger partial charge in [-0.2, -0.15) is 0 Å². The van der Waals surface area contributed by atoms with Gasteiger partial charge >= 0.3 is 0 Å². The number of carbonyl (C=O) groups excluding carboxylic acids is 2. The number of imide groups is 1. The maximum Gasteiger partial charge on any atom is 0.293 e. The number of carbonyl (C=O) groups is 2. The number of amides is 2. The minimum Gasteiger partial charge on any atom is -0.486 e. The molecule has 2 aromatic carbocycles. The highest BCUT2D eigenvalue weighted by Crippen LogP contribution is 2.38. The third kappa shape index (κ3) is 5.45. The van der Waals surface area contributed by atoms with Gasteiger partial charge in [0.05, 0.1) is 15.0 Å². The van der Waals surface area contributed by atoms with Gasteiger partial charge in [-0.05, 0) is 60.4 Å². The van der Waals surface area contributed by atoms with Crippen molar-refractivity contribution in [1.82, 2.24) is 4.90 Å². The first-order chi connectivity index (χ1) is 15.4. The SMILES string of the molecule is O=C1S/C(=C/c2cc(Cl)c(OCc3ccccc3Cl)c(Cl)c2)C(=O)N1CC1CCCCC1. The third-order valence-corrected chi connectivity index (χ3v) is 7.52. The molecule has 1 saturated carbocycles. The van der Waals surface area contributed by atoms with E-state index in [1.165, 1.54) is 24.2 Å². The first-order valence-electron chi connectivity index (χ1n) is 10.5. The topological polar surface area (TPSA) is 46.6 Å². The van der Waals surface area contributed by atoms with Crippen LogP contribution in [-0.4, -0.2) is 22.6 Å². The molecule has 0 bridgehead atoms. The summed E-state index contributed by atoms with van der Waals surface area (Å²) in [6, 6.07) is 10.7. The van der Waals surface area contributed by atoms with E-state index in [4.69, 9.17) is 39.5 Å².